The van der Waals surface area contributed by atoms with Crippen molar-refractivity contribution in [1.82, 2.24) is 4.98 Å². The average Bonchev–Trinajstić information content (AvgIpc) is 2.64. The molecule has 1 amide bonds. The quantitative estimate of drug-likeness (QED) is 0.723. The van der Waals surface area contributed by atoms with Crippen molar-refractivity contribution in [2.75, 3.05) is 5.32 Å². The van der Waals surface area contributed by atoms with E-state index in [2.05, 4.69) is 23.3 Å². The zero-order valence-electron chi connectivity index (χ0n) is 13.7. The van der Waals surface area contributed by atoms with E-state index >= 15 is 0 Å². The predicted octanol–water partition coefficient (Wildman–Crippen LogP) is 4.95. The number of rotatable bonds is 5. The second-order valence-electron chi connectivity index (χ2n) is 5.68. The molecule has 2 aromatic carbocycles. The fourth-order valence-electron chi connectivity index (χ4n) is 2.67. The van der Waals surface area contributed by atoms with E-state index in [4.69, 9.17) is 0 Å². The van der Waals surface area contributed by atoms with Crippen LogP contribution >= 0.6 is 0 Å². The molecule has 1 heterocycles. The van der Waals surface area contributed by atoms with Crippen LogP contribution < -0.4 is 5.32 Å². The van der Waals surface area contributed by atoms with E-state index < -0.39 is 0 Å². The van der Waals surface area contributed by atoms with Crippen molar-refractivity contribution >= 4 is 11.6 Å². The molecule has 0 spiro atoms. The first-order valence-electron chi connectivity index (χ1n) is 8.17. The largest absolute Gasteiger partial charge is 0.322 e. The van der Waals surface area contributed by atoms with Gasteiger partial charge in [-0.05, 0) is 47.4 Å². The molecular weight excluding hydrogens is 296 g/mol. The Labute approximate surface area is 142 Å². The number of nitrogens with one attached hydrogen (secondary N) is 1. The van der Waals surface area contributed by atoms with Crippen LogP contribution in [-0.4, -0.2) is 10.9 Å². The molecule has 0 radical (unpaired) electrons. The highest BCUT2D eigenvalue weighted by Crippen LogP contribution is 2.20. The van der Waals surface area contributed by atoms with Crippen LogP contribution in [0.5, 0.6) is 0 Å². The van der Waals surface area contributed by atoms with Gasteiger partial charge in [-0.1, -0.05) is 49.7 Å². The Morgan fingerprint density at radius 2 is 1.75 bits per heavy atom. The number of hydrogen-bond donors (Lipinski definition) is 1. The molecule has 0 aliphatic heterocycles. The van der Waals surface area contributed by atoms with Gasteiger partial charge < -0.3 is 5.32 Å². The monoisotopic (exact) mass is 316 g/mol. The van der Waals surface area contributed by atoms with Gasteiger partial charge in [-0.2, -0.15) is 0 Å². The van der Waals surface area contributed by atoms with Crippen LogP contribution in [0.25, 0.3) is 11.1 Å². The minimum absolute atomic E-state index is 0.0868. The smallest absolute Gasteiger partial charge is 0.255 e. The first-order valence-corrected chi connectivity index (χ1v) is 8.17. The van der Waals surface area contributed by atoms with Gasteiger partial charge >= 0.3 is 0 Å². The number of benzene rings is 2. The molecule has 1 N–H and O–H groups in total. The fraction of sp³-hybridized carbons (Fsp3) is 0.143. The van der Waals surface area contributed by atoms with Crippen LogP contribution in [0.4, 0.5) is 5.69 Å². The molecule has 3 aromatic rings. The van der Waals surface area contributed by atoms with Crippen LogP contribution in [0.15, 0.2) is 73.1 Å². The maximum Gasteiger partial charge on any atom is 0.255 e. The lowest BCUT2D eigenvalue weighted by Crippen LogP contribution is -2.13. The van der Waals surface area contributed by atoms with Crippen molar-refractivity contribution in [2.24, 2.45) is 0 Å². The molecule has 3 rings (SSSR count). The number of anilines is 1. The Balaban J connectivity index is 1.76. The van der Waals surface area contributed by atoms with Gasteiger partial charge in [0.2, 0.25) is 0 Å². The summed E-state index contributed by atoms with van der Waals surface area (Å²) in [4.78, 5) is 16.6. The maximum absolute atomic E-state index is 12.5. The first kappa shape index (κ1) is 15.9. The molecule has 3 nitrogen and oxygen atoms in total. The van der Waals surface area contributed by atoms with Crippen molar-refractivity contribution < 1.29 is 4.79 Å². The summed E-state index contributed by atoms with van der Waals surface area (Å²) in [5.41, 5.74) is 4.79. The summed E-state index contributed by atoms with van der Waals surface area (Å²) in [6.07, 6.45) is 5.57. The lowest BCUT2D eigenvalue weighted by molar-refractivity contribution is 0.102. The number of amides is 1. The molecule has 0 saturated carbocycles. The molecule has 0 aliphatic carbocycles. The second kappa shape index (κ2) is 7.55. The van der Waals surface area contributed by atoms with Crippen LogP contribution in [-0.2, 0) is 6.42 Å². The van der Waals surface area contributed by atoms with Gasteiger partial charge in [0, 0.05) is 23.6 Å². The zero-order valence-corrected chi connectivity index (χ0v) is 13.7. The Morgan fingerprint density at radius 1 is 0.958 bits per heavy atom. The third-order valence-corrected chi connectivity index (χ3v) is 3.93. The minimum Gasteiger partial charge on any atom is -0.322 e. The highest BCUT2D eigenvalue weighted by atomic mass is 16.1. The number of hydrogen-bond acceptors (Lipinski definition) is 2. The van der Waals surface area contributed by atoms with E-state index in [9.17, 15) is 4.79 Å². The van der Waals surface area contributed by atoms with Gasteiger partial charge in [0.05, 0.1) is 0 Å². The summed E-state index contributed by atoms with van der Waals surface area (Å²) in [6.45, 7) is 2.13. The van der Waals surface area contributed by atoms with Crippen LogP contribution in [0.3, 0.4) is 0 Å². The predicted molar refractivity (Wildman–Crippen MR) is 98.1 cm³/mol. The fourth-order valence-corrected chi connectivity index (χ4v) is 2.67. The number of aryl methyl sites for hydroxylation is 1. The molecule has 0 unspecified atom stereocenters. The molecule has 3 heteroatoms. The Morgan fingerprint density at radius 3 is 2.46 bits per heavy atom. The van der Waals surface area contributed by atoms with Crippen molar-refractivity contribution in [3.63, 3.8) is 0 Å². The van der Waals surface area contributed by atoms with Gasteiger partial charge in [-0.15, -0.1) is 0 Å². The molecule has 0 aliphatic rings. The molecular formula is C21H20N2O. The van der Waals surface area contributed by atoms with Gasteiger partial charge in [0.1, 0.15) is 0 Å². The molecule has 0 fully saturated rings. The van der Waals surface area contributed by atoms with E-state index in [1.165, 1.54) is 5.56 Å². The maximum atomic E-state index is 12.5. The second-order valence-corrected chi connectivity index (χ2v) is 5.68. The molecule has 24 heavy (non-hydrogen) atoms. The summed E-state index contributed by atoms with van der Waals surface area (Å²) < 4.78 is 0. The lowest BCUT2D eigenvalue weighted by atomic mass is 10.0. The average molecular weight is 316 g/mol. The van der Waals surface area contributed by atoms with Crippen LogP contribution in [0.2, 0.25) is 0 Å². The molecule has 120 valence electrons. The number of aromatic nitrogens is 1. The van der Waals surface area contributed by atoms with E-state index in [0.29, 0.717) is 5.56 Å². The van der Waals surface area contributed by atoms with E-state index in [1.807, 2.05) is 60.8 Å². The topological polar surface area (TPSA) is 42.0 Å². The normalized spacial score (nSPS) is 10.4. The Kier molecular flexibility index (Phi) is 5.02. The lowest BCUT2D eigenvalue weighted by Gasteiger charge is -2.11. The zero-order chi connectivity index (χ0) is 16.8. The number of nitrogens with zero attached hydrogens (tertiary/aromatic N) is 1. The SMILES string of the molecule is CCCc1ccccc1NC(=O)c1ccc(-c2cccnc2)cc1. The van der Waals surface area contributed by atoms with Crippen molar-refractivity contribution in [3.05, 3.63) is 84.2 Å². The number of carbonyl (C=O) groups excluding carboxylic acids is 1. The van der Waals surface area contributed by atoms with Crippen LogP contribution in [0.1, 0.15) is 29.3 Å². The van der Waals surface area contributed by atoms with Crippen LogP contribution in [0, 0.1) is 0 Å². The molecule has 0 bridgehead atoms. The standard InChI is InChI=1S/C21H20N2O/c1-2-6-17-7-3-4-9-20(17)23-21(24)18-12-10-16(11-13-18)19-8-5-14-22-15-19/h3-5,7-15H,2,6H2,1H3,(H,23,24). The number of pyridine rings is 1. The first-order chi connectivity index (χ1) is 11.8. The van der Waals surface area contributed by atoms with E-state index in [-0.39, 0.29) is 5.91 Å². The Hall–Kier alpha value is -2.94. The summed E-state index contributed by atoms with van der Waals surface area (Å²) in [5, 5.41) is 3.02. The number of para-hydroxylation sites is 1. The van der Waals surface area contributed by atoms with E-state index in [0.717, 1.165) is 29.7 Å². The molecule has 0 saturated heterocycles. The minimum atomic E-state index is -0.0868. The Bertz CT molecular complexity index is 811. The van der Waals surface area contributed by atoms with Gasteiger partial charge in [0.25, 0.3) is 5.91 Å². The summed E-state index contributed by atoms with van der Waals surface area (Å²) in [7, 11) is 0. The highest BCUT2D eigenvalue weighted by molar-refractivity contribution is 6.04. The van der Waals surface area contributed by atoms with Gasteiger partial charge in [-0.25, -0.2) is 0 Å². The third kappa shape index (κ3) is 3.69. The summed E-state index contributed by atoms with van der Waals surface area (Å²) in [5.74, 6) is -0.0868. The van der Waals surface area contributed by atoms with E-state index in [1.54, 1.807) is 6.20 Å². The highest BCUT2D eigenvalue weighted by Gasteiger charge is 2.09. The van der Waals surface area contributed by atoms with Gasteiger partial charge in [-0.3, -0.25) is 9.78 Å². The van der Waals surface area contributed by atoms with Crippen molar-refractivity contribution in [2.45, 2.75) is 19.8 Å². The third-order valence-electron chi connectivity index (χ3n) is 3.93. The van der Waals surface area contributed by atoms with Gasteiger partial charge in [0.15, 0.2) is 0 Å². The summed E-state index contributed by atoms with van der Waals surface area (Å²) >= 11 is 0. The number of carbonyl (C=O) groups is 1. The molecule has 1 aromatic heterocycles. The van der Waals surface area contributed by atoms with Crippen molar-refractivity contribution in [3.8, 4) is 11.1 Å². The van der Waals surface area contributed by atoms with Crippen molar-refractivity contribution in [1.29, 1.82) is 0 Å². The molecule has 0 atom stereocenters. The summed E-state index contributed by atoms with van der Waals surface area (Å²) in [6, 6.07) is 19.5.